The fourth-order valence-corrected chi connectivity index (χ4v) is 3.87. The monoisotopic (exact) mass is 285 g/mol. The van der Waals surface area contributed by atoms with Crippen molar-refractivity contribution in [3.05, 3.63) is 43.2 Å². The number of aryl methyl sites for hydroxylation is 1. The van der Waals surface area contributed by atoms with Crippen molar-refractivity contribution in [2.45, 2.75) is 26.3 Å². The van der Waals surface area contributed by atoms with Crippen LogP contribution in [0, 0.1) is 6.92 Å². The van der Waals surface area contributed by atoms with Crippen LogP contribution in [0.5, 0.6) is 0 Å². The van der Waals surface area contributed by atoms with Gasteiger partial charge >= 0.3 is 0 Å². The second-order valence-electron chi connectivity index (χ2n) is 4.10. The van der Waals surface area contributed by atoms with Gasteiger partial charge in [0.05, 0.1) is 4.34 Å². The molecule has 2 aromatic heterocycles. The van der Waals surface area contributed by atoms with Crippen LogP contribution in [0.1, 0.15) is 28.3 Å². The molecular formula is C13H16ClNS2. The van der Waals surface area contributed by atoms with Crippen molar-refractivity contribution in [2.24, 2.45) is 0 Å². The SMILES string of the molecule is Cc1ccsc1C(C)NCCc1ccc(Cl)s1. The summed E-state index contributed by atoms with van der Waals surface area (Å²) in [5, 5.41) is 5.71. The van der Waals surface area contributed by atoms with Crippen molar-refractivity contribution in [1.29, 1.82) is 0 Å². The van der Waals surface area contributed by atoms with Crippen LogP contribution in [0.15, 0.2) is 23.6 Å². The van der Waals surface area contributed by atoms with E-state index < -0.39 is 0 Å². The lowest BCUT2D eigenvalue weighted by molar-refractivity contribution is 0.584. The zero-order valence-corrected chi connectivity index (χ0v) is 12.4. The minimum atomic E-state index is 0.436. The number of rotatable bonds is 5. The highest BCUT2D eigenvalue weighted by Gasteiger charge is 2.08. The minimum Gasteiger partial charge on any atom is -0.309 e. The molecule has 1 nitrogen and oxygen atoms in total. The molecule has 0 radical (unpaired) electrons. The maximum atomic E-state index is 5.90. The largest absolute Gasteiger partial charge is 0.309 e. The third-order valence-corrected chi connectivity index (χ3v) is 5.24. The second-order valence-corrected chi connectivity index (χ2v) is 6.85. The molecule has 0 spiro atoms. The zero-order valence-electron chi connectivity index (χ0n) is 10.00. The third-order valence-electron chi connectivity index (χ3n) is 2.75. The van der Waals surface area contributed by atoms with Gasteiger partial charge in [-0.05, 0) is 49.4 Å². The summed E-state index contributed by atoms with van der Waals surface area (Å²) in [5.74, 6) is 0. The van der Waals surface area contributed by atoms with Crippen LogP contribution >= 0.6 is 34.3 Å². The number of hydrogen-bond donors (Lipinski definition) is 1. The molecule has 0 saturated heterocycles. The van der Waals surface area contributed by atoms with Gasteiger partial charge in [-0.15, -0.1) is 22.7 Å². The summed E-state index contributed by atoms with van der Waals surface area (Å²) in [6.45, 7) is 5.39. The standard InChI is InChI=1S/C13H16ClNS2/c1-9-6-8-16-13(9)10(2)15-7-5-11-3-4-12(14)17-11/h3-4,6,8,10,15H,5,7H2,1-2H3. The number of halogens is 1. The topological polar surface area (TPSA) is 12.0 Å². The molecule has 0 aliphatic heterocycles. The van der Waals surface area contributed by atoms with Gasteiger partial charge in [0.1, 0.15) is 0 Å². The van der Waals surface area contributed by atoms with Crippen LogP contribution < -0.4 is 5.32 Å². The van der Waals surface area contributed by atoms with Gasteiger partial charge in [-0.2, -0.15) is 0 Å². The maximum Gasteiger partial charge on any atom is 0.0931 e. The second kappa shape index (κ2) is 6.01. The quantitative estimate of drug-likeness (QED) is 0.842. The minimum absolute atomic E-state index is 0.436. The average Bonchev–Trinajstić information content (AvgIpc) is 2.87. The molecule has 0 saturated carbocycles. The first-order chi connectivity index (χ1) is 8.16. The first-order valence-electron chi connectivity index (χ1n) is 5.68. The summed E-state index contributed by atoms with van der Waals surface area (Å²) in [5.41, 5.74) is 1.38. The van der Waals surface area contributed by atoms with Crippen molar-refractivity contribution < 1.29 is 0 Å². The number of thiophene rings is 2. The van der Waals surface area contributed by atoms with Gasteiger partial charge in [-0.25, -0.2) is 0 Å². The Labute approximate surface area is 115 Å². The van der Waals surface area contributed by atoms with E-state index in [0.717, 1.165) is 17.3 Å². The van der Waals surface area contributed by atoms with Gasteiger partial charge < -0.3 is 5.32 Å². The molecule has 0 aliphatic carbocycles. The van der Waals surface area contributed by atoms with Gasteiger partial charge in [0, 0.05) is 22.3 Å². The molecule has 17 heavy (non-hydrogen) atoms. The Kier molecular flexibility index (Phi) is 4.62. The van der Waals surface area contributed by atoms with E-state index in [0.29, 0.717) is 6.04 Å². The highest BCUT2D eigenvalue weighted by atomic mass is 35.5. The van der Waals surface area contributed by atoms with Gasteiger partial charge in [0.2, 0.25) is 0 Å². The van der Waals surface area contributed by atoms with E-state index in [1.165, 1.54) is 15.3 Å². The molecule has 2 heterocycles. The van der Waals surface area contributed by atoms with Crippen LogP contribution in [0.2, 0.25) is 4.34 Å². The Bertz CT molecular complexity index is 475. The van der Waals surface area contributed by atoms with E-state index in [1.807, 2.05) is 17.4 Å². The zero-order chi connectivity index (χ0) is 12.3. The number of nitrogens with one attached hydrogen (secondary N) is 1. The fourth-order valence-electron chi connectivity index (χ4n) is 1.82. The lowest BCUT2D eigenvalue weighted by Crippen LogP contribution is -2.20. The highest BCUT2D eigenvalue weighted by molar-refractivity contribution is 7.16. The predicted octanol–water partition coefficient (Wildman–Crippen LogP) is 4.66. The Morgan fingerprint density at radius 1 is 1.35 bits per heavy atom. The van der Waals surface area contributed by atoms with E-state index in [1.54, 1.807) is 11.3 Å². The first-order valence-corrected chi connectivity index (χ1v) is 7.76. The summed E-state index contributed by atoms with van der Waals surface area (Å²) >= 11 is 9.40. The van der Waals surface area contributed by atoms with E-state index in [2.05, 4.69) is 36.7 Å². The van der Waals surface area contributed by atoms with Gasteiger partial charge in [-0.3, -0.25) is 0 Å². The summed E-state index contributed by atoms with van der Waals surface area (Å²) in [6, 6.07) is 6.69. The Balaban J connectivity index is 1.81. The number of hydrogen-bond acceptors (Lipinski definition) is 3. The van der Waals surface area contributed by atoms with Gasteiger partial charge in [0.15, 0.2) is 0 Å². The summed E-state index contributed by atoms with van der Waals surface area (Å²) in [7, 11) is 0. The maximum absolute atomic E-state index is 5.90. The van der Waals surface area contributed by atoms with E-state index in [4.69, 9.17) is 11.6 Å². The smallest absolute Gasteiger partial charge is 0.0931 e. The Hall–Kier alpha value is -0.350. The Morgan fingerprint density at radius 3 is 2.76 bits per heavy atom. The molecule has 0 bridgehead atoms. The van der Waals surface area contributed by atoms with E-state index in [-0.39, 0.29) is 0 Å². The summed E-state index contributed by atoms with van der Waals surface area (Å²) in [4.78, 5) is 2.78. The molecule has 1 atom stereocenters. The summed E-state index contributed by atoms with van der Waals surface area (Å²) in [6.07, 6.45) is 1.05. The van der Waals surface area contributed by atoms with Crippen molar-refractivity contribution in [3.8, 4) is 0 Å². The van der Waals surface area contributed by atoms with Crippen molar-refractivity contribution in [2.75, 3.05) is 6.54 Å². The molecule has 0 aromatic carbocycles. The van der Waals surface area contributed by atoms with Crippen LogP contribution in [-0.4, -0.2) is 6.54 Å². The molecule has 0 amide bonds. The van der Waals surface area contributed by atoms with Gasteiger partial charge in [0.25, 0.3) is 0 Å². The van der Waals surface area contributed by atoms with E-state index in [9.17, 15) is 0 Å². The highest BCUT2D eigenvalue weighted by Crippen LogP contribution is 2.24. The normalized spacial score (nSPS) is 12.9. The van der Waals surface area contributed by atoms with E-state index >= 15 is 0 Å². The molecule has 2 rings (SSSR count). The van der Waals surface area contributed by atoms with Gasteiger partial charge in [-0.1, -0.05) is 11.6 Å². The van der Waals surface area contributed by atoms with Crippen LogP contribution in [0.3, 0.4) is 0 Å². The molecular weight excluding hydrogens is 270 g/mol. The Morgan fingerprint density at radius 2 is 2.18 bits per heavy atom. The molecule has 0 fully saturated rings. The fraction of sp³-hybridized carbons (Fsp3) is 0.385. The average molecular weight is 286 g/mol. The molecule has 1 N–H and O–H groups in total. The van der Waals surface area contributed by atoms with Crippen LogP contribution in [0.25, 0.3) is 0 Å². The molecule has 2 aromatic rings. The molecule has 0 aliphatic rings. The van der Waals surface area contributed by atoms with Crippen molar-refractivity contribution in [3.63, 3.8) is 0 Å². The van der Waals surface area contributed by atoms with Crippen LogP contribution in [0.4, 0.5) is 0 Å². The lowest BCUT2D eigenvalue weighted by atomic mass is 10.2. The first kappa shape index (κ1) is 13.1. The summed E-state index contributed by atoms with van der Waals surface area (Å²) < 4.78 is 0.877. The molecule has 4 heteroatoms. The van der Waals surface area contributed by atoms with Crippen molar-refractivity contribution in [1.82, 2.24) is 5.32 Å². The van der Waals surface area contributed by atoms with Crippen LogP contribution in [-0.2, 0) is 6.42 Å². The molecule has 1 unspecified atom stereocenters. The lowest BCUT2D eigenvalue weighted by Gasteiger charge is -2.12. The molecule has 92 valence electrons. The third kappa shape index (κ3) is 3.55. The predicted molar refractivity (Wildman–Crippen MR) is 78.5 cm³/mol. The van der Waals surface area contributed by atoms with Crippen molar-refractivity contribution >= 4 is 34.3 Å².